The maximum Gasteiger partial charge on any atom is 0.346 e. The molecule has 0 radical (unpaired) electrons. The largest absolute Gasteiger partial charge is 0.496 e. The first-order valence-electron chi connectivity index (χ1n) is 5.98. The fourth-order valence-electron chi connectivity index (χ4n) is 1.99. The van der Waals surface area contributed by atoms with Crippen LogP contribution in [0.15, 0.2) is 23.1 Å². The number of nitrogens with one attached hydrogen (secondary N) is 1. The Morgan fingerprint density at radius 1 is 1.25 bits per heavy atom. The minimum atomic E-state index is -0.582. The van der Waals surface area contributed by atoms with Crippen LogP contribution in [0.2, 0.25) is 0 Å². The summed E-state index contributed by atoms with van der Waals surface area (Å²) in [6.07, 6.45) is 1.19. The average Bonchev–Trinajstić information content (AvgIpc) is 2.40. The number of carbonyl (C=O) groups excluding carboxylic acids is 1. The summed E-state index contributed by atoms with van der Waals surface area (Å²) in [5, 5.41) is 0. The molecule has 1 heterocycles. The number of benzene rings is 1. The second-order valence-electron chi connectivity index (χ2n) is 4.48. The van der Waals surface area contributed by atoms with Gasteiger partial charge in [-0.2, -0.15) is 0 Å². The van der Waals surface area contributed by atoms with Gasteiger partial charge in [0.05, 0.1) is 12.7 Å². The van der Waals surface area contributed by atoms with Crippen LogP contribution >= 0.6 is 0 Å². The van der Waals surface area contributed by atoms with Crippen LogP contribution in [0.5, 0.6) is 5.75 Å². The van der Waals surface area contributed by atoms with E-state index in [0.29, 0.717) is 11.3 Å². The molecule has 2 aromatic rings. The van der Waals surface area contributed by atoms with Crippen LogP contribution in [0.1, 0.15) is 27.0 Å². The van der Waals surface area contributed by atoms with Crippen LogP contribution in [-0.4, -0.2) is 22.9 Å². The van der Waals surface area contributed by atoms with Crippen LogP contribution in [0, 0.1) is 13.8 Å². The lowest BCUT2D eigenvalue weighted by Gasteiger charge is -2.11. The molecule has 0 aliphatic rings. The molecule has 0 atom stereocenters. The van der Waals surface area contributed by atoms with Gasteiger partial charge in [0.25, 0.3) is 0 Å². The van der Waals surface area contributed by atoms with E-state index in [9.17, 15) is 9.59 Å². The molecular weight excluding hydrogens is 258 g/mol. The van der Waals surface area contributed by atoms with Gasteiger partial charge < -0.3 is 10.5 Å². The molecule has 3 N–H and O–H groups in total. The molecule has 104 valence electrons. The molecule has 0 bridgehead atoms. The Morgan fingerprint density at radius 3 is 2.55 bits per heavy atom. The fourth-order valence-corrected chi connectivity index (χ4v) is 1.99. The summed E-state index contributed by atoms with van der Waals surface area (Å²) in [7, 11) is 1.58. The number of nitrogens with two attached hydrogens (primary N) is 1. The molecule has 0 saturated carbocycles. The summed E-state index contributed by atoms with van der Waals surface area (Å²) in [5.74, 6) is 0.448. The number of methoxy groups -OCH3 is 1. The average molecular weight is 273 g/mol. The van der Waals surface area contributed by atoms with E-state index in [0.717, 1.165) is 11.1 Å². The van der Waals surface area contributed by atoms with Crippen LogP contribution in [0.4, 0.5) is 5.82 Å². The Balaban J connectivity index is 2.53. The molecule has 1 aromatic carbocycles. The van der Waals surface area contributed by atoms with Gasteiger partial charge in [0.2, 0.25) is 0 Å². The molecule has 20 heavy (non-hydrogen) atoms. The molecule has 0 unspecified atom stereocenters. The molecule has 0 spiro atoms. The van der Waals surface area contributed by atoms with Crippen LogP contribution in [0.25, 0.3) is 0 Å². The zero-order valence-corrected chi connectivity index (χ0v) is 11.5. The number of H-pyrrole nitrogens is 1. The van der Waals surface area contributed by atoms with Crippen molar-refractivity contribution in [1.29, 1.82) is 0 Å². The van der Waals surface area contributed by atoms with Crippen LogP contribution in [-0.2, 0) is 0 Å². The number of hydrogen-bond donors (Lipinski definition) is 2. The molecule has 6 nitrogen and oxygen atoms in total. The molecule has 0 aliphatic carbocycles. The number of aromatic nitrogens is 2. The third-order valence-corrected chi connectivity index (χ3v) is 3.07. The second kappa shape index (κ2) is 5.16. The first kappa shape index (κ1) is 13.8. The Hall–Kier alpha value is -2.63. The van der Waals surface area contributed by atoms with Gasteiger partial charge in [0, 0.05) is 11.8 Å². The normalized spacial score (nSPS) is 10.3. The van der Waals surface area contributed by atoms with Crippen molar-refractivity contribution in [3.8, 4) is 5.75 Å². The number of anilines is 1. The Morgan fingerprint density at radius 2 is 1.95 bits per heavy atom. The second-order valence-corrected chi connectivity index (χ2v) is 4.48. The Bertz CT molecular complexity index is 735. The van der Waals surface area contributed by atoms with Gasteiger partial charge in [-0.05, 0) is 37.1 Å². The molecule has 0 amide bonds. The van der Waals surface area contributed by atoms with E-state index in [-0.39, 0.29) is 17.2 Å². The highest BCUT2D eigenvalue weighted by Gasteiger charge is 2.17. The van der Waals surface area contributed by atoms with Crippen molar-refractivity contribution in [2.45, 2.75) is 13.8 Å². The van der Waals surface area contributed by atoms with Gasteiger partial charge in [-0.1, -0.05) is 0 Å². The van der Waals surface area contributed by atoms with Crippen molar-refractivity contribution in [3.63, 3.8) is 0 Å². The minimum absolute atomic E-state index is 0.0165. The van der Waals surface area contributed by atoms with E-state index in [1.807, 2.05) is 13.8 Å². The lowest BCUT2D eigenvalue weighted by Crippen LogP contribution is -2.17. The predicted molar refractivity (Wildman–Crippen MR) is 75.2 cm³/mol. The highest BCUT2D eigenvalue weighted by molar-refractivity contribution is 6.12. The van der Waals surface area contributed by atoms with Crippen LogP contribution in [0.3, 0.4) is 0 Å². The number of ketones is 1. The molecule has 2 rings (SSSR count). The zero-order valence-electron chi connectivity index (χ0n) is 11.5. The van der Waals surface area contributed by atoms with E-state index >= 15 is 0 Å². The van der Waals surface area contributed by atoms with E-state index in [2.05, 4.69) is 9.97 Å². The molecule has 1 aromatic heterocycles. The topological polar surface area (TPSA) is 98.1 Å². The molecular formula is C14H15N3O3. The molecule has 6 heteroatoms. The fraction of sp³-hybridized carbons (Fsp3) is 0.214. The Kier molecular flexibility index (Phi) is 3.56. The lowest BCUT2D eigenvalue weighted by atomic mass is 9.97. The van der Waals surface area contributed by atoms with E-state index in [1.54, 1.807) is 19.2 Å². The van der Waals surface area contributed by atoms with Crippen molar-refractivity contribution in [1.82, 2.24) is 9.97 Å². The summed E-state index contributed by atoms with van der Waals surface area (Å²) >= 11 is 0. The van der Waals surface area contributed by atoms with Crippen molar-refractivity contribution in [2.24, 2.45) is 0 Å². The third-order valence-electron chi connectivity index (χ3n) is 3.07. The number of ether oxygens (including phenoxy) is 1. The van der Waals surface area contributed by atoms with Crippen molar-refractivity contribution < 1.29 is 9.53 Å². The molecule has 0 aliphatic heterocycles. The minimum Gasteiger partial charge on any atom is -0.496 e. The smallest absolute Gasteiger partial charge is 0.346 e. The number of carbonyl (C=O) groups is 1. The van der Waals surface area contributed by atoms with E-state index in [4.69, 9.17) is 10.5 Å². The first-order chi connectivity index (χ1) is 9.43. The maximum atomic E-state index is 12.5. The number of nitrogens with zero attached hydrogens (tertiary/aromatic N) is 1. The van der Waals surface area contributed by atoms with Gasteiger partial charge in [-0.25, -0.2) is 9.78 Å². The highest BCUT2D eigenvalue weighted by Crippen LogP contribution is 2.24. The number of nitrogen functional groups attached to an aromatic ring is 1. The third kappa shape index (κ3) is 2.40. The number of rotatable bonds is 3. The number of aromatic amines is 1. The summed E-state index contributed by atoms with van der Waals surface area (Å²) in [6, 6.07) is 3.53. The van der Waals surface area contributed by atoms with Gasteiger partial charge >= 0.3 is 5.69 Å². The Labute approximate surface area is 115 Å². The first-order valence-corrected chi connectivity index (χ1v) is 5.98. The summed E-state index contributed by atoms with van der Waals surface area (Å²) in [6.45, 7) is 3.66. The van der Waals surface area contributed by atoms with E-state index in [1.165, 1.54) is 6.20 Å². The lowest BCUT2D eigenvalue weighted by molar-refractivity contribution is 0.103. The van der Waals surface area contributed by atoms with Crippen molar-refractivity contribution in [2.75, 3.05) is 12.8 Å². The summed E-state index contributed by atoms with van der Waals surface area (Å²) in [5.41, 5.74) is 7.37. The number of hydrogen-bond acceptors (Lipinski definition) is 5. The highest BCUT2D eigenvalue weighted by atomic mass is 16.5. The van der Waals surface area contributed by atoms with Gasteiger partial charge in [-0.15, -0.1) is 0 Å². The van der Waals surface area contributed by atoms with Gasteiger partial charge in [-0.3, -0.25) is 9.78 Å². The summed E-state index contributed by atoms with van der Waals surface area (Å²) < 4.78 is 5.21. The monoisotopic (exact) mass is 273 g/mol. The molecule has 0 saturated heterocycles. The van der Waals surface area contributed by atoms with Crippen molar-refractivity contribution in [3.05, 3.63) is 51.1 Å². The van der Waals surface area contributed by atoms with Crippen LogP contribution < -0.4 is 16.2 Å². The maximum absolute atomic E-state index is 12.5. The number of aryl methyl sites for hydroxylation is 2. The predicted octanol–water partition coefficient (Wildman–Crippen LogP) is 1.21. The SMILES string of the molecule is COc1cc(C)c(C(=O)c2cnc(=O)[nH]c2N)cc1C. The quantitative estimate of drug-likeness (QED) is 0.819. The van der Waals surface area contributed by atoms with E-state index < -0.39 is 5.69 Å². The van der Waals surface area contributed by atoms with Gasteiger partial charge in [0.15, 0.2) is 5.78 Å². The van der Waals surface area contributed by atoms with Gasteiger partial charge in [0.1, 0.15) is 11.6 Å². The molecule has 0 fully saturated rings. The standard InChI is InChI=1S/C14H15N3O3/c1-7-5-11(20-3)8(2)4-9(7)12(18)10-6-16-14(19)17-13(10)15/h4-6H,1-3H3,(H3,15,16,17,19). The van der Waals surface area contributed by atoms with Crippen molar-refractivity contribution >= 4 is 11.6 Å². The summed E-state index contributed by atoms with van der Waals surface area (Å²) in [4.78, 5) is 29.3. The zero-order chi connectivity index (χ0) is 14.9.